The van der Waals surface area contributed by atoms with Crippen LogP contribution < -0.4 is 5.73 Å². The maximum atomic E-state index is 11.3. The van der Waals surface area contributed by atoms with Gasteiger partial charge in [-0.1, -0.05) is 0 Å². The van der Waals surface area contributed by atoms with E-state index in [-0.39, 0.29) is 16.8 Å². The third kappa shape index (κ3) is 2.76. The lowest BCUT2D eigenvalue weighted by Gasteiger charge is -2.17. The van der Waals surface area contributed by atoms with Crippen LogP contribution in [0, 0.1) is 0 Å². The molecule has 18 heavy (non-hydrogen) atoms. The van der Waals surface area contributed by atoms with Gasteiger partial charge in [0.15, 0.2) is 6.10 Å². The van der Waals surface area contributed by atoms with Gasteiger partial charge in [-0.05, 0) is 18.2 Å². The Labute approximate surface area is 102 Å². The van der Waals surface area contributed by atoms with E-state index < -0.39 is 24.1 Å². The summed E-state index contributed by atoms with van der Waals surface area (Å²) in [5, 5.41) is 27.5. The Hall–Kier alpha value is -2.12. The zero-order chi connectivity index (χ0) is 13.9. The number of aliphatic hydroxyl groups is 2. The molecule has 0 bridgehead atoms. The quantitative estimate of drug-likeness (QED) is 0.422. The van der Waals surface area contributed by atoms with Crippen LogP contribution in [0.4, 0.5) is 5.69 Å². The number of anilines is 1. The zero-order valence-corrected chi connectivity index (χ0v) is 9.53. The molecule has 1 aromatic carbocycles. The number of hydrogen-bond acceptors (Lipinski definition) is 6. The van der Waals surface area contributed by atoms with Crippen molar-refractivity contribution in [2.24, 2.45) is 0 Å². The molecule has 0 fully saturated rings. The minimum Gasteiger partial charge on any atom is -0.479 e. The van der Waals surface area contributed by atoms with Crippen molar-refractivity contribution in [2.75, 3.05) is 12.8 Å². The SMILES string of the molecule is COC(=O)c1ccc(N)c(C(O)C(O)C(=O)O)c1. The molecule has 7 heteroatoms. The molecular weight excluding hydrogens is 242 g/mol. The molecule has 0 radical (unpaired) electrons. The molecule has 2 atom stereocenters. The van der Waals surface area contributed by atoms with Crippen molar-refractivity contribution in [1.29, 1.82) is 0 Å². The number of aliphatic hydroxyl groups excluding tert-OH is 2. The van der Waals surface area contributed by atoms with Gasteiger partial charge >= 0.3 is 11.9 Å². The minimum atomic E-state index is -2.03. The third-order valence-electron chi connectivity index (χ3n) is 2.38. The standard InChI is InChI=1S/C11H13NO6/c1-18-11(17)5-2-3-7(12)6(4-5)8(13)9(14)10(15)16/h2-4,8-9,13-14H,12H2,1H3,(H,15,16). The number of esters is 1. The third-order valence-corrected chi connectivity index (χ3v) is 2.38. The van der Waals surface area contributed by atoms with Crippen LogP contribution in [0.2, 0.25) is 0 Å². The predicted octanol–water partition coefficient (Wildman–Crippen LogP) is -0.466. The van der Waals surface area contributed by atoms with Gasteiger partial charge in [0.25, 0.3) is 0 Å². The fourth-order valence-electron chi connectivity index (χ4n) is 1.38. The average molecular weight is 255 g/mol. The second kappa shape index (κ2) is 5.48. The highest BCUT2D eigenvalue weighted by atomic mass is 16.5. The maximum Gasteiger partial charge on any atom is 0.337 e. The number of carboxylic acids is 1. The molecule has 0 saturated carbocycles. The van der Waals surface area contributed by atoms with Gasteiger partial charge in [0.1, 0.15) is 6.10 Å². The number of nitrogen functional groups attached to an aromatic ring is 1. The van der Waals surface area contributed by atoms with Crippen LogP contribution in [-0.4, -0.2) is 40.5 Å². The van der Waals surface area contributed by atoms with E-state index in [1.807, 2.05) is 0 Å². The largest absolute Gasteiger partial charge is 0.479 e. The molecule has 7 nitrogen and oxygen atoms in total. The first kappa shape index (κ1) is 13.9. The van der Waals surface area contributed by atoms with Gasteiger partial charge in [-0.2, -0.15) is 0 Å². The summed E-state index contributed by atoms with van der Waals surface area (Å²) in [6.07, 6.45) is -3.76. The van der Waals surface area contributed by atoms with Crippen molar-refractivity contribution in [1.82, 2.24) is 0 Å². The van der Waals surface area contributed by atoms with Gasteiger partial charge in [0, 0.05) is 11.3 Å². The van der Waals surface area contributed by atoms with E-state index >= 15 is 0 Å². The fraction of sp³-hybridized carbons (Fsp3) is 0.273. The second-order valence-corrected chi connectivity index (χ2v) is 3.56. The molecule has 0 spiro atoms. The number of carbonyl (C=O) groups excluding carboxylic acids is 1. The van der Waals surface area contributed by atoms with Crippen LogP contribution in [-0.2, 0) is 9.53 Å². The number of aliphatic carboxylic acids is 1. The number of benzene rings is 1. The van der Waals surface area contributed by atoms with E-state index in [1.54, 1.807) is 0 Å². The van der Waals surface area contributed by atoms with Crippen LogP contribution >= 0.6 is 0 Å². The van der Waals surface area contributed by atoms with Crippen LogP contribution in [0.3, 0.4) is 0 Å². The molecule has 2 unspecified atom stereocenters. The van der Waals surface area contributed by atoms with E-state index in [1.165, 1.54) is 25.3 Å². The summed E-state index contributed by atoms with van der Waals surface area (Å²) < 4.78 is 4.48. The number of ether oxygens (including phenoxy) is 1. The summed E-state index contributed by atoms with van der Waals surface area (Å²) >= 11 is 0. The highest BCUT2D eigenvalue weighted by Crippen LogP contribution is 2.25. The summed E-state index contributed by atoms with van der Waals surface area (Å²) in [7, 11) is 1.18. The molecule has 0 aliphatic carbocycles. The number of carbonyl (C=O) groups is 2. The lowest BCUT2D eigenvalue weighted by atomic mass is 10.00. The number of carboxylic acid groups (broad SMARTS) is 1. The zero-order valence-electron chi connectivity index (χ0n) is 9.53. The highest BCUT2D eigenvalue weighted by molar-refractivity contribution is 5.90. The topological polar surface area (TPSA) is 130 Å². The first-order chi connectivity index (χ1) is 8.38. The first-order valence-electron chi connectivity index (χ1n) is 4.95. The predicted molar refractivity (Wildman–Crippen MR) is 60.8 cm³/mol. The molecule has 0 aromatic heterocycles. The van der Waals surface area contributed by atoms with Crippen LogP contribution in [0.15, 0.2) is 18.2 Å². The van der Waals surface area contributed by atoms with Crippen LogP contribution in [0.5, 0.6) is 0 Å². The van der Waals surface area contributed by atoms with Gasteiger partial charge < -0.3 is 25.8 Å². The molecule has 0 aliphatic rings. The summed E-state index contributed by atoms with van der Waals surface area (Å²) in [4.78, 5) is 21.8. The van der Waals surface area contributed by atoms with E-state index in [0.717, 1.165) is 0 Å². The lowest BCUT2D eigenvalue weighted by molar-refractivity contribution is -0.153. The van der Waals surface area contributed by atoms with Gasteiger partial charge in [0.2, 0.25) is 0 Å². The maximum absolute atomic E-state index is 11.3. The van der Waals surface area contributed by atoms with Crippen molar-refractivity contribution >= 4 is 17.6 Å². The lowest BCUT2D eigenvalue weighted by Crippen LogP contribution is -2.28. The second-order valence-electron chi connectivity index (χ2n) is 3.56. The summed E-state index contributed by atoms with van der Waals surface area (Å²) in [5.41, 5.74) is 5.67. The Balaban J connectivity index is 3.15. The van der Waals surface area contributed by atoms with E-state index in [2.05, 4.69) is 4.74 Å². The summed E-state index contributed by atoms with van der Waals surface area (Å²) in [6.45, 7) is 0. The normalized spacial score (nSPS) is 13.7. The summed E-state index contributed by atoms with van der Waals surface area (Å²) in [5.74, 6) is -2.25. The molecule has 0 saturated heterocycles. The van der Waals surface area contributed by atoms with Crippen molar-refractivity contribution in [3.05, 3.63) is 29.3 Å². The van der Waals surface area contributed by atoms with Crippen LogP contribution in [0.1, 0.15) is 22.0 Å². The van der Waals surface area contributed by atoms with Gasteiger partial charge in [0.05, 0.1) is 12.7 Å². The Morgan fingerprint density at radius 3 is 2.44 bits per heavy atom. The summed E-state index contributed by atoms with van der Waals surface area (Å²) in [6, 6.07) is 3.86. The van der Waals surface area contributed by atoms with Crippen molar-refractivity contribution < 1.29 is 29.6 Å². The van der Waals surface area contributed by atoms with E-state index in [0.29, 0.717) is 0 Å². The number of nitrogens with two attached hydrogens (primary N) is 1. The molecule has 1 aromatic rings. The Morgan fingerprint density at radius 1 is 1.33 bits per heavy atom. The van der Waals surface area contributed by atoms with E-state index in [9.17, 15) is 19.8 Å². The van der Waals surface area contributed by atoms with Gasteiger partial charge in [-0.25, -0.2) is 9.59 Å². The molecule has 0 aliphatic heterocycles. The highest BCUT2D eigenvalue weighted by Gasteiger charge is 2.27. The Morgan fingerprint density at radius 2 is 1.94 bits per heavy atom. The van der Waals surface area contributed by atoms with Crippen molar-refractivity contribution in [2.45, 2.75) is 12.2 Å². The molecule has 0 amide bonds. The molecule has 5 N–H and O–H groups in total. The smallest absolute Gasteiger partial charge is 0.337 e. The van der Waals surface area contributed by atoms with Crippen molar-refractivity contribution in [3.63, 3.8) is 0 Å². The average Bonchev–Trinajstić information content (AvgIpc) is 2.36. The molecule has 1 rings (SSSR count). The fourth-order valence-corrected chi connectivity index (χ4v) is 1.38. The number of hydrogen-bond donors (Lipinski definition) is 4. The number of rotatable bonds is 4. The first-order valence-corrected chi connectivity index (χ1v) is 4.95. The Kier molecular flexibility index (Phi) is 4.24. The van der Waals surface area contributed by atoms with Gasteiger partial charge in [-0.3, -0.25) is 0 Å². The molecular formula is C11H13NO6. The molecule has 0 heterocycles. The van der Waals surface area contributed by atoms with Crippen LogP contribution in [0.25, 0.3) is 0 Å². The minimum absolute atomic E-state index is 0.0483. The molecule has 98 valence electrons. The van der Waals surface area contributed by atoms with E-state index in [4.69, 9.17) is 10.8 Å². The van der Waals surface area contributed by atoms with Crippen molar-refractivity contribution in [3.8, 4) is 0 Å². The Bertz CT molecular complexity index is 473. The van der Waals surface area contributed by atoms with Gasteiger partial charge in [-0.15, -0.1) is 0 Å². The monoisotopic (exact) mass is 255 g/mol. The number of methoxy groups -OCH3 is 1.